The molecule has 0 amide bonds. The molecule has 0 spiro atoms. The number of ether oxygens (including phenoxy) is 3. The molecule has 1 N–H and O–H groups in total. The van der Waals surface area contributed by atoms with Crippen LogP contribution in [0.25, 0.3) is 16.5 Å². The van der Waals surface area contributed by atoms with Gasteiger partial charge in [-0.3, -0.25) is 14.5 Å². The second kappa shape index (κ2) is 7.99. The molecular weight excluding hydrogens is 406 g/mol. The van der Waals surface area contributed by atoms with Gasteiger partial charge in [-0.05, 0) is 36.5 Å². The Hall–Kier alpha value is -3.66. The number of para-hydroxylation sites is 2. The minimum Gasteiger partial charge on any atom is -0.495 e. The SMILES string of the molecule is COc1ccccc1-n1c(Cn2ncc3ccc(OC)c(OC)c3c2=O)n[nH]c1=S. The first-order chi connectivity index (χ1) is 14.6. The lowest BCUT2D eigenvalue weighted by molar-refractivity contribution is 0.358. The van der Waals surface area contributed by atoms with Crippen molar-refractivity contribution < 1.29 is 14.2 Å². The maximum Gasteiger partial charge on any atom is 0.278 e. The molecule has 0 saturated heterocycles. The monoisotopic (exact) mass is 425 g/mol. The van der Waals surface area contributed by atoms with Crippen molar-refractivity contribution >= 4 is 23.0 Å². The highest BCUT2D eigenvalue weighted by Gasteiger charge is 2.18. The summed E-state index contributed by atoms with van der Waals surface area (Å²) in [6, 6.07) is 10.9. The highest BCUT2D eigenvalue weighted by atomic mass is 32.1. The third-order valence-corrected chi connectivity index (χ3v) is 5.00. The Bertz CT molecular complexity index is 1340. The second-order valence-corrected chi connectivity index (χ2v) is 6.71. The van der Waals surface area contributed by atoms with Crippen LogP contribution in [0.4, 0.5) is 0 Å². The number of nitrogens with zero attached hydrogens (tertiary/aromatic N) is 4. The smallest absolute Gasteiger partial charge is 0.278 e. The van der Waals surface area contributed by atoms with Gasteiger partial charge in [0.2, 0.25) is 0 Å². The molecule has 9 nitrogen and oxygen atoms in total. The van der Waals surface area contributed by atoms with Crippen molar-refractivity contribution in [2.24, 2.45) is 0 Å². The number of hydrogen-bond acceptors (Lipinski definition) is 7. The largest absolute Gasteiger partial charge is 0.495 e. The number of aromatic nitrogens is 5. The van der Waals surface area contributed by atoms with Gasteiger partial charge in [0.25, 0.3) is 5.56 Å². The number of aromatic amines is 1. The van der Waals surface area contributed by atoms with Gasteiger partial charge in [-0.25, -0.2) is 4.68 Å². The van der Waals surface area contributed by atoms with Crippen LogP contribution < -0.4 is 19.8 Å². The Kier molecular flexibility index (Phi) is 5.23. The molecule has 2 aromatic carbocycles. The number of H-pyrrole nitrogens is 1. The molecule has 0 unspecified atom stereocenters. The van der Waals surface area contributed by atoms with Crippen molar-refractivity contribution in [1.29, 1.82) is 0 Å². The van der Waals surface area contributed by atoms with E-state index in [1.807, 2.05) is 24.3 Å². The fraction of sp³-hybridized carbons (Fsp3) is 0.200. The van der Waals surface area contributed by atoms with Gasteiger partial charge < -0.3 is 14.2 Å². The zero-order valence-corrected chi connectivity index (χ0v) is 17.4. The van der Waals surface area contributed by atoms with Crippen molar-refractivity contribution in [2.75, 3.05) is 21.3 Å². The quantitative estimate of drug-likeness (QED) is 0.475. The topological polar surface area (TPSA) is 96.2 Å². The van der Waals surface area contributed by atoms with Crippen LogP contribution in [0.2, 0.25) is 0 Å². The summed E-state index contributed by atoms with van der Waals surface area (Å²) < 4.78 is 19.6. The first-order valence-electron chi connectivity index (χ1n) is 8.99. The summed E-state index contributed by atoms with van der Waals surface area (Å²) >= 11 is 5.41. The van der Waals surface area contributed by atoms with Crippen LogP contribution in [0, 0.1) is 4.77 Å². The van der Waals surface area contributed by atoms with Gasteiger partial charge in [0.15, 0.2) is 22.1 Å². The molecule has 4 rings (SSSR count). The van der Waals surface area contributed by atoms with Crippen molar-refractivity contribution in [3.05, 3.63) is 63.5 Å². The number of hydrogen-bond donors (Lipinski definition) is 1. The van der Waals surface area contributed by atoms with Gasteiger partial charge >= 0.3 is 0 Å². The summed E-state index contributed by atoms with van der Waals surface area (Å²) in [6.07, 6.45) is 1.60. The first kappa shape index (κ1) is 19.6. The Morgan fingerprint density at radius 2 is 1.80 bits per heavy atom. The van der Waals surface area contributed by atoms with Crippen LogP contribution in [0.3, 0.4) is 0 Å². The molecular formula is C20H19N5O4S. The molecule has 10 heteroatoms. The Labute approximate surface area is 176 Å². The molecule has 0 saturated carbocycles. The third-order valence-electron chi connectivity index (χ3n) is 4.72. The minimum absolute atomic E-state index is 0.0837. The molecule has 154 valence electrons. The van der Waals surface area contributed by atoms with E-state index in [0.717, 1.165) is 0 Å². The van der Waals surface area contributed by atoms with Gasteiger partial charge in [-0.1, -0.05) is 12.1 Å². The van der Waals surface area contributed by atoms with E-state index in [0.29, 0.717) is 44.3 Å². The summed E-state index contributed by atoms with van der Waals surface area (Å²) in [5.74, 6) is 1.96. The Morgan fingerprint density at radius 3 is 2.53 bits per heavy atom. The Balaban J connectivity index is 1.86. The van der Waals surface area contributed by atoms with Gasteiger partial charge in [-0.15, -0.1) is 0 Å². The van der Waals surface area contributed by atoms with Gasteiger partial charge in [0.05, 0.1) is 38.6 Å². The predicted molar refractivity (Wildman–Crippen MR) is 114 cm³/mol. The van der Waals surface area contributed by atoms with Gasteiger partial charge in [-0.2, -0.15) is 10.2 Å². The van der Waals surface area contributed by atoms with Crippen LogP contribution in [-0.2, 0) is 6.54 Å². The van der Waals surface area contributed by atoms with E-state index < -0.39 is 0 Å². The third kappa shape index (κ3) is 3.20. The fourth-order valence-electron chi connectivity index (χ4n) is 3.33. The standard InChI is InChI=1S/C20H19N5O4S/c1-27-14-7-5-4-6-13(14)25-16(22-23-20(25)30)11-24-19(26)17-12(10-21-24)8-9-15(28-2)18(17)29-3/h4-10H,11H2,1-3H3,(H,23,30). The highest BCUT2D eigenvalue weighted by Crippen LogP contribution is 2.32. The van der Waals surface area contributed by atoms with E-state index in [1.165, 1.54) is 18.9 Å². The summed E-state index contributed by atoms with van der Waals surface area (Å²) in [6.45, 7) is 0.0837. The molecule has 2 heterocycles. The molecule has 0 atom stereocenters. The zero-order chi connectivity index (χ0) is 21.3. The molecule has 0 aliphatic carbocycles. The minimum atomic E-state index is -0.330. The number of benzene rings is 2. The number of rotatable bonds is 6. The summed E-state index contributed by atoms with van der Waals surface area (Å²) in [5, 5.41) is 12.4. The van der Waals surface area contributed by atoms with Crippen LogP contribution in [-0.4, -0.2) is 45.9 Å². The average molecular weight is 425 g/mol. The van der Waals surface area contributed by atoms with Crippen LogP contribution in [0.5, 0.6) is 17.2 Å². The molecule has 0 radical (unpaired) electrons. The molecule has 0 aliphatic rings. The van der Waals surface area contributed by atoms with Gasteiger partial charge in [0, 0.05) is 5.39 Å². The molecule has 0 aliphatic heterocycles. The van der Waals surface area contributed by atoms with Crippen molar-refractivity contribution in [3.63, 3.8) is 0 Å². The first-order valence-corrected chi connectivity index (χ1v) is 9.40. The molecule has 0 bridgehead atoms. The fourth-order valence-corrected chi connectivity index (χ4v) is 3.58. The van der Waals surface area contributed by atoms with Crippen molar-refractivity contribution in [1.82, 2.24) is 24.5 Å². The van der Waals surface area contributed by atoms with Crippen LogP contribution >= 0.6 is 12.2 Å². The number of nitrogens with one attached hydrogen (secondary N) is 1. The highest BCUT2D eigenvalue weighted by molar-refractivity contribution is 7.71. The summed E-state index contributed by atoms with van der Waals surface area (Å²) in [4.78, 5) is 13.2. The zero-order valence-electron chi connectivity index (χ0n) is 16.6. The maximum atomic E-state index is 13.2. The lowest BCUT2D eigenvalue weighted by Crippen LogP contribution is -2.25. The predicted octanol–water partition coefficient (Wildman–Crippen LogP) is 2.71. The lowest BCUT2D eigenvalue weighted by atomic mass is 10.1. The van der Waals surface area contributed by atoms with Gasteiger partial charge in [0.1, 0.15) is 12.3 Å². The van der Waals surface area contributed by atoms with Crippen LogP contribution in [0.1, 0.15) is 5.82 Å². The second-order valence-electron chi connectivity index (χ2n) is 6.32. The lowest BCUT2D eigenvalue weighted by Gasteiger charge is -2.13. The Morgan fingerprint density at radius 1 is 1.03 bits per heavy atom. The van der Waals surface area contributed by atoms with Crippen molar-refractivity contribution in [3.8, 4) is 22.9 Å². The number of methoxy groups -OCH3 is 3. The normalized spacial score (nSPS) is 10.9. The number of fused-ring (bicyclic) bond motifs is 1. The van der Waals surface area contributed by atoms with E-state index in [4.69, 9.17) is 26.4 Å². The molecule has 4 aromatic rings. The summed E-state index contributed by atoms with van der Waals surface area (Å²) in [7, 11) is 4.60. The van der Waals surface area contributed by atoms with Crippen molar-refractivity contribution in [2.45, 2.75) is 6.54 Å². The van der Waals surface area contributed by atoms with Crippen LogP contribution in [0.15, 0.2) is 47.4 Å². The summed E-state index contributed by atoms with van der Waals surface area (Å²) in [5.41, 5.74) is 0.380. The molecule has 2 aromatic heterocycles. The van der Waals surface area contributed by atoms with E-state index in [9.17, 15) is 4.79 Å². The average Bonchev–Trinajstić information content (AvgIpc) is 3.14. The molecule has 0 fully saturated rings. The van der Waals surface area contributed by atoms with E-state index in [2.05, 4.69) is 15.3 Å². The van der Waals surface area contributed by atoms with E-state index >= 15 is 0 Å². The molecule has 30 heavy (non-hydrogen) atoms. The maximum absolute atomic E-state index is 13.2. The van der Waals surface area contributed by atoms with E-state index in [1.54, 1.807) is 30.0 Å². The van der Waals surface area contributed by atoms with E-state index in [-0.39, 0.29) is 12.1 Å².